The number of aromatic nitrogens is 3. The first-order chi connectivity index (χ1) is 19.6. The molecule has 0 unspecified atom stereocenters. The van der Waals surface area contributed by atoms with Gasteiger partial charge in [-0.15, -0.1) is 0 Å². The van der Waals surface area contributed by atoms with Gasteiger partial charge in [0.25, 0.3) is 0 Å². The molecule has 0 amide bonds. The first kappa shape index (κ1) is 35.2. The summed E-state index contributed by atoms with van der Waals surface area (Å²) in [4.78, 5) is 38.7. The van der Waals surface area contributed by atoms with Crippen LogP contribution in [-0.4, -0.2) is 63.7 Å². The van der Waals surface area contributed by atoms with Crippen LogP contribution >= 0.6 is 7.60 Å². The van der Waals surface area contributed by atoms with Crippen LogP contribution in [0.2, 0.25) is 0 Å². The molecule has 0 aliphatic carbocycles. The summed E-state index contributed by atoms with van der Waals surface area (Å²) in [5, 5.41) is 12.4. The number of halogens is 6. The van der Waals surface area contributed by atoms with Crippen LogP contribution in [0.5, 0.6) is 0 Å². The van der Waals surface area contributed by atoms with Crippen LogP contribution in [0.1, 0.15) is 16.7 Å². The Bertz CT molecular complexity index is 1580. The Kier molecular flexibility index (Phi) is 11.1. The zero-order chi connectivity index (χ0) is 32.8. The molecule has 5 N–H and O–H groups in total. The van der Waals surface area contributed by atoms with Gasteiger partial charge in [-0.2, -0.15) is 31.3 Å². The fraction of sp³-hybridized carbons (Fsp3) is 0.273. The van der Waals surface area contributed by atoms with E-state index in [-0.39, 0.29) is 18.3 Å². The lowest BCUT2D eigenvalue weighted by Crippen LogP contribution is -2.27. The van der Waals surface area contributed by atoms with Crippen molar-refractivity contribution in [1.82, 2.24) is 15.0 Å². The van der Waals surface area contributed by atoms with Crippen molar-refractivity contribution in [3.63, 3.8) is 0 Å². The summed E-state index contributed by atoms with van der Waals surface area (Å²) in [5.74, 6) is -3.43. The Labute approximate surface area is 239 Å². The van der Waals surface area contributed by atoms with Crippen LogP contribution in [0.4, 0.5) is 49.6 Å². The third kappa shape index (κ3) is 11.3. The number of carboxylic acid groups (broad SMARTS) is 1. The van der Waals surface area contributed by atoms with Gasteiger partial charge in [0.2, 0.25) is 16.0 Å². The molecule has 0 saturated heterocycles. The number of sulfonamides is 1. The van der Waals surface area contributed by atoms with Crippen molar-refractivity contribution in [2.24, 2.45) is 0 Å². The number of carboxylic acids is 1. The fourth-order valence-electron chi connectivity index (χ4n) is 3.03. The molecule has 2 heterocycles. The minimum absolute atomic E-state index is 0.0452. The molecular formula is C22H23F6N6O7PS. The van der Waals surface area contributed by atoms with Gasteiger partial charge in [-0.3, -0.25) is 8.87 Å². The highest BCUT2D eigenvalue weighted by Gasteiger charge is 2.38. The molecule has 1 aromatic carbocycles. The summed E-state index contributed by atoms with van der Waals surface area (Å²) in [6.07, 6.45) is -7.37. The zero-order valence-corrected chi connectivity index (χ0v) is 23.6. The zero-order valence-electron chi connectivity index (χ0n) is 21.9. The molecule has 0 fully saturated rings. The van der Waals surface area contributed by atoms with Crippen molar-refractivity contribution in [3.8, 4) is 0 Å². The summed E-state index contributed by atoms with van der Waals surface area (Å²) in [6, 6.07) is 8.89. The van der Waals surface area contributed by atoms with E-state index < -0.39 is 53.5 Å². The third-order valence-electron chi connectivity index (χ3n) is 5.04. The molecule has 0 spiro atoms. The van der Waals surface area contributed by atoms with Crippen molar-refractivity contribution >= 4 is 46.9 Å². The molecule has 3 aromatic rings. The van der Waals surface area contributed by atoms with Gasteiger partial charge < -0.3 is 25.5 Å². The lowest BCUT2D eigenvalue weighted by molar-refractivity contribution is -0.192. The van der Waals surface area contributed by atoms with E-state index in [1.165, 1.54) is 49.6 Å². The summed E-state index contributed by atoms with van der Waals surface area (Å²) in [7, 11) is -6.64. The molecule has 13 nitrogen and oxygen atoms in total. The lowest BCUT2D eigenvalue weighted by Gasteiger charge is -2.20. The number of rotatable bonds is 9. The van der Waals surface area contributed by atoms with Crippen LogP contribution in [0, 0.1) is 0 Å². The molecule has 0 saturated carbocycles. The molecule has 21 heteroatoms. The predicted molar refractivity (Wildman–Crippen MR) is 141 cm³/mol. The Morgan fingerprint density at radius 1 is 1.05 bits per heavy atom. The first-order valence-corrected chi connectivity index (χ1v) is 15.0. The molecule has 0 atom stereocenters. The molecular weight excluding hydrogens is 637 g/mol. The van der Waals surface area contributed by atoms with Gasteiger partial charge in [-0.25, -0.2) is 23.2 Å². The van der Waals surface area contributed by atoms with Crippen molar-refractivity contribution in [2.75, 3.05) is 28.2 Å². The van der Waals surface area contributed by atoms with E-state index in [0.717, 1.165) is 10.6 Å². The number of alkyl halides is 6. The summed E-state index contributed by atoms with van der Waals surface area (Å²) >= 11 is 0. The minimum atomic E-state index is -5.08. The van der Waals surface area contributed by atoms with Crippen LogP contribution in [-0.2, 0) is 38.3 Å². The standard InChI is InChI=1S/C20H22F3N6O5PS.C2HF3O2/c1-29(36(2,33)34)18-14(4-3-9-24-18)10-25-17-16(20(21,22)23)11-26-19(28-17)27-15-7-5-13(6-8-15)12-35(30,31)32;3-2(4,5)1(6)7/h3-9,11H,10,12H2,1-2H3,(H2,30,31,32)(H2,25,26,27,28);(H,6,7). The van der Waals surface area contributed by atoms with Crippen LogP contribution in [0.25, 0.3) is 0 Å². The maximum absolute atomic E-state index is 13.6. The second-order valence-electron chi connectivity index (χ2n) is 8.47. The van der Waals surface area contributed by atoms with Crippen molar-refractivity contribution < 1.29 is 59.0 Å². The normalized spacial score (nSPS) is 12.1. The maximum atomic E-state index is 13.6. The van der Waals surface area contributed by atoms with Gasteiger partial charge in [0.1, 0.15) is 17.2 Å². The van der Waals surface area contributed by atoms with Gasteiger partial charge in [0, 0.05) is 37.2 Å². The highest BCUT2D eigenvalue weighted by molar-refractivity contribution is 7.92. The van der Waals surface area contributed by atoms with Gasteiger partial charge in [-0.1, -0.05) is 18.2 Å². The van der Waals surface area contributed by atoms with E-state index in [1.807, 2.05) is 0 Å². The first-order valence-electron chi connectivity index (χ1n) is 11.3. The van der Waals surface area contributed by atoms with Crippen LogP contribution in [0.15, 0.2) is 48.8 Å². The highest BCUT2D eigenvalue weighted by atomic mass is 32.2. The third-order valence-corrected chi connectivity index (χ3v) is 6.99. The van der Waals surface area contributed by atoms with E-state index in [4.69, 9.17) is 19.7 Å². The number of benzene rings is 1. The summed E-state index contributed by atoms with van der Waals surface area (Å²) < 4.78 is 108. The second-order valence-corrected chi connectivity index (χ2v) is 12.1. The Balaban J connectivity index is 0.000000821. The van der Waals surface area contributed by atoms with Gasteiger partial charge in [0.05, 0.1) is 12.4 Å². The number of aliphatic carboxylic acids is 1. The largest absolute Gasteiger partial charge is 0.490 e. The van der Waals surface area contributed by atoms with Crippen LogP contribution in [0.3, 0.4) is 0 Å². The van der Waals surface area contributed by atoms with Crippen molar-refractivity contribution in [1.29, 1.82) is 0 Å². The molecule has 0 aliphatic heterocycles. The van der Waals surface area contributed by atoms with E-state index in [2.05, 4.69) is 25.6 Å². The Morgan fingerprint density at radius 2 is 1.63 bits per heavy atom. The summed E-state index contributed by atoms with van der Waals surface area (Å²) in [6.45, 7) is -0.223. The quantitative estimate of drug-likeness (QED) is 0.164. The molecule has 3 rings (SSSR count). The number of anilines is 4. The second kappa shape index (κ2) is 13.5. The minimum Gasteiger partial charge on any atom is -0.475 e. The highest BCUT2D eigenvalue weighted by Crippen LogP contribution is 2.39. The van der Waals surface area contributed by atoms with Gasteiger partial charge in [0.15, 0.2) is 0 Å². The Hall–Kier alpha value is -4.00. The number of hydrogen-bond donors (Lipinski definition) is 5. The topological polar surface area (TPSA) is 195 Å². The number of pyridine rings is 1. The van der Waals surface area contributed by atoms with Gasteiger partial charge >= 0.3 is 25.9 Å². The van der Waals surface area contributed by atoms with Crippen molar-refractivity contribution in [3.05, 3.63) is 65.5 Å². The fourth-order valence-corrected chi connectivity index (χ4v) is 4.20. The van der Waals surface area contributed by atoms with Crippen LogP contribution < -0.4 is 14.9 Å². The molecule has 0 aliphatic rings. The maximum Gasteiger partial charge on any atom is 0.490 e. The van der Waals surface area contributed by atoms with E-state index >= 15 is 0 Å². The average molecular weight is 660 g/mol. The number of nitrogens with one attached hydrogen (secondary N) is 2. The van der Waals surface area contributed by atoms with Gasteiger partial charge in [-0.05, 0) is 23.8 Å². The Morgan fingerprint density at radius 3 is 2.12 bits per heavy atom. The lowest BCUT2D eigenvalue weighted by atomic mass is 10.2. The number of nitrogens with zero attached hydrogens (tertiary/aromatic N) is 4. The van der Waals surface area contributed by atoms with E-state index in [0.29, 0.717) is 23.0 Å². The summed E-state index contributed by atoms with van der Waals surface area (Å²) in [5.41, 5.74) is -0.0744. The van der Waals surface area contributed by atoms with E-state index in [1.54, 1.807) is 0 Å². The molecule has 0 radical (unpaired) electrons. The average Bonchev–Trinajstić information content (AvgIpc) is 2.86. The predicted octanol–water partition coefficient (Wildman–Crippen LogP) is 3.95. The smallest absolute Gasteiger partial charge is 0.475 e. The number of hydrogen-bond acceptors (Lipinski definition) is 9. The monoisotopic (exact) mass is 660 g/mol. The molecule has 43 heavy (non-hydrogen) atoms. The van der Waals surface area contributed by atoms with Crippen molar-refractivity contribution in [2.45, 2.75) is 25.1 Å². The molecule has 2 aromatic heterocycles. The molecule has 236 valence electrons. The van der Waals surface area contributed by atoms with E-state index in [9.17, 15) is 39.3 Å². The molecule has 0 bridgehead atoms. The SMILES string of the molecule is CN(c1ncccc1CNc1nc(Nc2ccc(CP(=O)(O)O)cc2)ncc1C(F)(F)F)S(C)(=O)=O.O=C(O)C(F)(F)F. The number of carbonyl (C=O) groups is 1.